The Hall–Kier alpha value is -2.88. The number of hydrogen-bond acceptors (Lipinski definition) is 8. The van der Waals surface area contributed by atoms with E-state index in [0.29, 0.717) is 18.9 Å². The first-order chi connectivity index (χ1) is 15.9. The summed E-state index contributed by atoms with van der Waals surface area (Å²) in [4.78, 5) is 10.5. The second-order valence-corrected chi connectivity index (χ2v) is 8.56. The van der Waals surface area contributed by atoms with Crippen molar-refractivity contribution in [2.24, 2.45) is 0 Å². The minimum Gasteiger partial charge on any atom is -0.395 e. The van der Waals surface area contributed by atoms with Crippen LogP contribution >= 0.6 is 0 Å². The molecular formula is C25H30N4O4. The summed E-state index contributed by atoms with van der Waals surface area (Å²) < 4.78 is 0. The molecule has 2 heterocycles. The molecule has 0 unspecified atom stereocenters. The van der Waals surface area contributed by atoms with Gasteiger partial charge in [-0.3, -0.25) is 4.90 Å². The van der Waals surface area contributed by atoms with Crippen molar-refractivity contribution in [3.05, 3.63) is 77.6 Å². The van der Waals surface area contributed by atoms with E-state index in [2.05, 4.69) is 33.5 Å². The van der Waals surface area contributed by atoms with Gasteiger partial charge in [0, 0.05) is 43.3 Å². The van der Waals surface area contributed by atoms with Gasteiger partial charge in [0.2, 0.25) is 0 Å². The Balaban J connectivity index is 1.44. The molecule has 4 atom stereocenters. The lowest BCUT2D eigenvalue weighted by Crippen LogP contribution is -2.62. The van der Waals surface area contributed by atoms with Crippen LogP contribution in [-0.2, 0) is 13.1 Å². The molecule has 5 N–H and O–H groups in total. The zero-order chi connectivity index (χ0) is 23.4. The van der Waals surface area contributed by atoms with E-state index in [9.17, 15) is 20.4 Å². The van der Waals surface area contributed by atoms with Crippen molar-refractivity contribution in [1.29, 1.82) is 0 Å². The number of benzene rings is 2. The summed E-state index contributed by atoms with van der Waals surface area (Å²) in [5.74, 6) is 0.681. The monoisotopic (exact) mass is 450 g/mol. The molecule has 1 aliphatic heterocycles. The fourth-order valence-electron chi connectivity index (χ4n) is 4.30. The van der Waals surface area contributed by atoms with Gasteiger partial charge in [0.1, 0.15) is 12.2 Å². The van der Waals surface area contributed by atoms with E-state index in [-0.39, 0.29) is 13.2 Å². The molecule has 0 saturated carbocycles. The molecule has 1 aliphatic rings. The zero-order valence-electron chi connectivity index (χ0n) is 18.5. The number of likely N-dealkylation sites (tertiary alicyclic amines) is 1. The van der Waals surface area contributed by atoms with Gasteiger partial charge in [-0.2, -0.15) is 0 Å². The van der Waals surface area contributed by atoms with Gasteiger partial charge >= 0.3 is 0 Å². The highest BCUT2D eigenvalue weighted by molar-refractivity contribution is 5.64. The zero-order valence-corrected chi connectivity index (χ0v) is 18.5. The molecule has 8 heteroatoms. The first-order valence-electron chi connectivity index (χ1n) is 11.0. The lowest BCUT2D eigenvalue weighted by atomic mass is 9.93. The molecule has 8 nitrogen and oxygen atoms in total. The lowest BCUT2D eigenvalue weighted by Gasteiger charge is -2.43. The van der Waals surface area contributed by atoms with Crippen molar-refractivity contribution < 1.29 is 20.4 Å². The van der Waals surface area contributed by atoms with Gasteiger partial charge in [-0.1, -0.05) is 24.3 Å². The van der Waals surface area contributed by atoms with Crippen LogP contribution in [0.4, 0.5) is 5.69 Å². The van der Waals surface area contributed by atoms with Crippen LogP contribution in [0, 0.1) is 6.92 Å². The molecule has 1 saturated heterocycles. The smallest absolute Gasteiger partial charge is 0.159 e. The summed E-state index contributed by atoms with van der Waals surface area (Å²) >= 11 is 0. The summed E-state index contributed by atoms with van der Waals surface area (Å²) in [5, 5.41) is 43.3. The van der Waals surface area contributed by atoms with Crippen LogP contribution in [0.3, 0.4) is 0 Å². The van der Waals surface area contributed by atoms with Crippen LogP contribution in [0.5, 0.6) is 0 Å². The van der Waals surface area contributed by atoms with Gasteiger partial charge in [0.15, 0.2) is 5.82 Å². The van der Waals surface area contributed by atoms with Gasteiger partial charge in [-0.15, -0.1) is 0 Å². The highest BCUT2D eigenvalue weighted by Crippen LogP contribution is 2.24. The Morgan fingerprint density at radius 1 is 0.970 bits per heavy atom. The largest absolute Gasteiger partial charge is 0.395 e. The second-order valence-electron chi connectivity index (χ2n) is 8.56. The maximum Gasteiger partial charge on any atom is 0.159 e. The predicted octanol–water partition coefficient (Wildman–Crippen LogP) is 1.32. The molecule has 0 bridgehead atoms. The van der Waals surface area contributed by atoms with Gasteiger partial charge in [0.25, 0.3) is 0 Å². The number of aliphatic hydroxyl groups excluding tert-OH is 4. The SMILES string of the molecule is Cc1cc(NCc2cccc(CN3C[C@H](O)[C@@H](O)[C@H](O)[C@H]3CO)c2)cc(-c2ncccn2)c1. The van der Waals surface area contributed by atoms with Crippen LogP contribution in [0.1, 0.15) is 16.7 Å². The van der Waals surface area contributed by atoms with E-state index >= 15 is 0 Å². The van der Waals surface area contributed by atoms with Gasteiger partial charge in [0.05, 0.1) is 18.8 Å². The Bertz CT molecular complexity index is 1070. The number of nitrogens with one attached hydrogen (secondary N) is 1. The van der Waals surface area contributed by atoms with E-state index in [1.54, 1.807) is 23.4 Å². The summed E-state index contributed by atoms with van der Waals surface area (Å²) in [6.45, 7) is 2.97. The first kappa shape index (κ1) is 23.3. The van der Waals surface area contributed by atoms with Crippen molar-refractivity contribution in [2.45, 2.75) is 44.4 Å². The van der Waals surface area contributed by atoms with Crippen LogP contribution in [0.15, 0.2) is 60.9 Å². The van der Waals surface area contributed by atoms with Crippen molar-refractivity contribution in [3.8, 4) is 11.4 Å². The fourth-order valence-corrected chi connectivity index (χ4v) is 4.30. The molecule has 4 rings (SSSR count). The van der Waals surface area contributed by atoms with E-state index in [0.717, 1.165) is 27.9 Å². The molecule has 1 fully saturated rings. The van der Waals surface area contributed by atoms with Crippen LogP contribution in [0.25, 0.3) is 11.4 Å². The number of aromatic nitrogens is 2. The minimum absolute atomic E-state index is 0.180. The second kappa shape index (κ2) is 10.4. The summed E-state index contributed by atoms with van der Waals surface area (Å²) in [5.41, 5.74) is 5.10. The number of aliphatic hydroxyl groups is 4. The minimum atomic E-state index is -1.26. The molecule has 0 amide bonds. The van der Waals surface area contributed by atoms with Crippen LogP contribution < -0.4 is 5.32 Å². The number of anilines is 1. The molecule has 2 aromatic carbocycles. The standard InChI is InChI=1S/C25H30N4O4/c1-16-8-19(25-26-6-3-7-27-25)11-20(9-16)28-12-17-4-2-5-18(10-17)13-29-14-22(31)24(33)23(32)21(29)15-30/h2-11,21-24,28,30-33H,12-15H2,1H3/t21-,22+,23-,24-/m1/s1. The average Bonchev–Trinajstić information content (AvgIpc) is 2.82. The van der Waals surface area contributed by atoms with Crippen LogP contribution in [0.2, 0.25) is 0 Å². The molecule has 33 heavy (non-hydrogen) atoms. The fraction of sp³-hybridized carbons (Fsp3) is 0.360. The number of β-amino-alcohol motifs (C(OH)–C–C–N with tert-alkyl or cyclic N) is 1. The quantitative estimate of drug-likeness (QED) is 0.365. The van der Waals surface area contributed by atoms with E-state index in [4.69, 9.17) is 0 Å². The van der Waals surface area contributed by atoms with Crippen LogP contribution in [-0.4, -0.2) is 72.8 Å². The normalized spacial score (nSPS) is 23.4. The number of rotatable bonds is 7. The van der Waals surface area contributed by atoms with Gasteiger partial charge < -0.3 is 25.7 Å². The third-order valence-electron chi connectivity index (χ3n) is 5.99. The summed E-state index contributed by atoms with van der Waals surface area (Å²) in [6, 6.07) is 15.3. The summed E-state index contributed by atoms with van der Waals surface area (Å²) in [6.07, 6.45) is -0.0592. The molecule has 0 spiro atoms. The maximum absolute atomic E-state index is 10.2. The van der Waals surface area contributed by atoms with Crippen molar-refractivity contribution in [1.82, 2.24) is 14.9 Å². The average molecular weight is 451 g/mol. The number of nitrogens with zero attached hydrogens (tertiary/aromatic N) is 3. The molecule has 1 aromatic heterocycles. The van der Waals surface area contributed by atoms with E-state index in [1.807, 2.05) is 31.2 Å². The topological polar surface area (TPSA) is 122 Å². The highest BCUT2D eigenvalue weighted by atomic mass is 16.4. The van der Waals surface area contributed by atoms with Gasteiger partial charge in [-0.25, -0.2) is 9.97 Å². The van der Waals surface area contributed by atoms with Crippen molar-refractivity contribution in [2.75, 3.05) is 18.5 Å². The molecule has 3 aromatic rings. The number of hydrogen-bond donors (Lipinski definition) is 5. The van der Waals surface area contributed by atoms with Crippen molar-refractivity contribution >= 4 is 5.69 Å². The number of aryl methyl sites for hydroxylation is 1. The van der Waals surface area contributed by atoms with E-state index < -0.39 is 24.4 Å². The van der Waals surface area contributed by atoms with Gasteiger partial charge in [-0.05, 0) is 47.9 Å². The Morgan fingerprint density at radius 3 is 2.48 bits per heavy atom. The molecule has 174 valence electrons. The third kappa shape index (κ3) is 5.55. The predicted molar refractivity (Wildman–Crippen MR) is 125 cm³/mol. The van der Waals surface area contributed by atoms with E-state index in [1.165, 1.54) is 0 Å². The Kier molecular flexibility index (Phi) is 7.32. The Labute approximate surface area is 193 Å². The highest BCUT2D eigenvalue weighted by Gasteiger charge is 2.40. The van der Waals surface area contributed by atoms with Crippen molar-refractivity contribution in [3.63, 3.8) is 0 Å². The molecule has 0 aliphatic carbocycles. The third-order valence-corrected chi connectivity index (χ3v) is 5.99. The first-order valence-corrected chi connectivity index (χ1v) is 11.0. The maximum atomic E-state index is 10.2. The molecule has 0 radical (unpaired) electrons. The molecular weight excluding hydrogens is 420 g/mol. The lowest BCUT2D eigenvalue weighted by molar-refractivity contribution is -0.147. The summed E-state index contributed by atoms with van der Waals surface area (Å²) in [7, 11) is 0. The Morgan fingerprint density at radius 2 is 1.73 bits per heavy atom. The number of piperidine rings is 1.